The second-order valence-corrected chi connectivity index (χ2v) is 5.75. The van der Waals surface area contributed by atoms with E-state index in [9.17, 15) is 4.39 Å². The van der Waals surface area contributed by atoms with Crippen LogP contribution >= 0.6 is 0 Å². The molecule has 3 heterocycles. The SMILES string of the molecule is C1COCCN1.CCOc1nc(N)nc2ccc(-c3ccc(F)cc3)nc12. The number of nitrogens with one attached hydrogen (secondary N) is 1. The van der Waals surface area contributed by atoms with E-state index in [1.54, 1.807) is 24.3 Å². The predicted octanol–water partition coefficient (Wildman–Crippen LogP) is 2.42. The molecule has 2 aromatic heterocycles. The number of morpholine rings is 1. The van der Waals surface area contributed by atoms with E-state index in [1.165, 1.54) is 12.1 Å². The Morgan fingerprint density at radius 2 is 1.81 bits per heavy atom. The number of rotatable bonds is 3. The van der Waals surface area contributed by atoms with Crippen LogP contribution in [0.1, 0.15) is 6.92 Å². The zero-order valence-corrected chi connectivity index (χ0v) is 15.1. The molecule has 1 aromatic carbocycles. The molecule has 0 unspecified atom stereocenters. The third-order valence-electron chi connectivity index (χ3n) is 3.80. The van der Waals surface area contributed by atoms with Crippen LogP contribution in [0.3, 0.4) is 0 Å². The first kappa shape index (κ1) is 18.9. The summed E-state index contributed by atoms with van der Waals surface area (Å²) >= 11 is 0. The van der Waals surface area contributed by atoms with Crippen LogP contribution in [0.25, 0.3) is 22.3 Å². The van der Waals surface area contributed by atoms with Gasteiger partial charge >= 0.3 is 0 Å². The molecule has 1 fully saturated rings. The number of fused-ring (bicyclic) bond motifs is 1. The summed E-state index contributed by atoms with van der Waals surface area (Å²) in [4.78, 5) is 12.7. The maximum Gasteiger partial charge on any atom is 0.245 e. The Kier molecular flexibility index (Phi) is 6.45. The Balaban J connectivity index is 0.000000299. The number of nitrogen functional groups attached to an aromatic ring is 1. The number of nitrogens with two attached hydrogens (primary N) is 1. The van der Waals surface area contributed by atoms with Crippen molar-refractivity contribution in [3.05, 3.63) is 42.2 Å². The highest BCUT2D eigenvalue weighted by atomic mass is 19.1. The van der Waals surface area contributed by atoms with E-state index < -0.39 is 0 Å². The summed E-state index contributed by atoms with van der Waals surface area (Å²) in [6, 6.07) is 9.72. The van der Waals surface area contributed by atoms with Gasteiger partial charge in [0.25, 0.3) is 0 Å². The van der Waals surface area contributed by atoms with E-state index in [1.807, 2.05) is 6.92 Å². The third kappa shape index (κ3) is 5.08. The average molecular weight is 371 g/mol. The zero-order chi connectivity index (χ0) is 19.1. The Labute approximate surface area is 156 Å². The number of benzene rings is 1. The maximum atomic E-state index is 13.0. The van der Waals surface area contributed by atoms with Crippen LogP contribution in [0.15, 0.2) is 36.4 Å². The van der Waals surface area contributed by atoms with Crippen LogP contribution in [0, 0.1) is 5.82 Å². The molecule has 1 saturated heterocycles. The van der Waals surface area contributed by atoms with Crippen molar-refractivity contribution in [2.45, 2.75) is 6.92 Å². The zero-order valence-electron chi connectivity index (χ0n) is 15.1. The molecule has 0 amide bonds. The number of ether oxygens (including phenoxy) is 2. The third-order valence-corrected chi connectivity index (χ3v) is 3.80. The molecule has 0 saturated carbocycles. The number of aromatic nitrogens is 3. The highest BCUT2D eigenvalue weighted by Crippen LogP contribution is 2.25. The summed E-state index contributed by atoms with van der Waals surface area (Å²) < 4.78 is 23.5. The lowest BCUT2D eigenvalue weighted by Crippen LogP contribution is -2.30. The summed E-state index contributed by atoms with van der Waals surface area (Å²) in [5.41, 5.74) is 8.29. The Morgan fingerprint density at radius 3 is 2.41 bits per heavy atom. The fraction of sp³-hybridized carbons (Fsp3) is 0.316. The van der Waals surface area contributed by atoms with E-state index in [-0.39, 0.29) is 11.8 Å². The maximum absolute atomic E-state index is 13.0. The number of anilines is 1. The molecule has 8 heteroatoms. The average Bonchev–Trinajstić information content (AvgIpc) is 2.70. The summed E-state index contributed by atoms with van der Waals surface area (Å²) in [5.74, 6) is 0.205. The van der Waals surface area contributed by atoms with Crippen molar-refractivity contribution < 1.29 is 13.9 Å². The van der Waals surface area contributed by atoms with Gasteiger partial charge in [-0.2, -0.15) is 4.98 Å². The van der Waals surface area contributed by atoms with Gasteiger partial charge < -0.3 is 20.5 Å². The van der Waals surface area contributed by atoms with Gasteiger partial charge in [0, 0.05) is 18.7 Å². The summed E-state index contributed by atoms with van der Waals surface area (Å²) in [7, 11) is 0. The molecule has 3 N–H and O–H groups in total. The van der Waals surface area contributed by atoms with Gasteiger partial charge in [0.05, 0.1) is 31.0 Å². The van der Waals surface area contributed by atoms with E-state index in [0.29, 0.717) is 29.2 Å². The van der Waals surface area contributed by atoms with Crippen molar-refractivity contribution in [3.63, 3.8) is 0 Å². The molecule has 0 bridgehead atoms. The normalized spacial score (nSPS) is 13.7. The summed E-state index contributed by atoms with van der Waals surface area (Å²) in [5, 5.41) is 3.16. The van der Waals surface area contributed by atoms with E-state index in [0.717, 1.165) is 31.9 Å². The molecule has 142 valence electrons. The van der Waals surface area contributed by atoms with Crippen molar-refractivity contribution in [2.24, 2.45) is 0 Å². The minimum Gasteiger partial charge on any atom is -0.476 e. The van der Waals surface area contributed by atoms with Gasteiger partial charge in [-0.15, -0.1) is 0 Å². The molecule has 7 nitrogen and oxygen atoms in total. The molecule has 4 rings (SSSR count). The minimum absolute atomic E-state index is 0.141. The molecular weight excluding hydrogens is 349 g/mol. The molecular formula is C19H22FN5O2. The second-order valence-electron chi connectivity index (χ2n) is 5.75. The van der Waals surface area contributed by atoms with E-state index >= 15 is 0 Å². The minimum atomic E-state index is -0.286. The molecule has 0 aliphatic carbocycles. The van der Waals surface area contributed by atoms with E-state index in [4.69, 9.17) is 15.2 Å². The van der Waals surface area contributed by atoms with Crippen LogP contribution < -0.4 is 15.8 Å². The smallest absolute Gasteiger partial charge is 0.245 e. The van der Waals surface area contributed by atoms with Gasteiger partial charge in [-0.05, 0) is 43.3 Å². The van der Waals surface area contributed by atoms with Crippen LogP contribution in [0.2, 0.25) is 0 Å². The van der Waals surface area contributed by atoms with Gasteiger partial charge in [0.15, 0.2) is 5.52 Å². The largest absolute Gasteiger partial charge is 0.476 e. The summed E-state index contributed by atoms with van der Waals surface area (Å²) in [6.45, 7) is 6.14. The molecule has 1 aliphatic heterocycles. The lowest BCUT2D eigenvalue weighted by molar-refractivity contribution is 0.109. The monoisotopic (exact) mass is 371 g/mol. The first-order valence-electron chi connectivity index (χ1n) is 8.79. The van der Waals surface area contributed by atoms with Gasteiger partial charge in [-0.1, -0.05) is 0 Å². The molecule has 1 aliphatic rings. The molecule has 0 spiro atoms. The van der Waals surface area contributed by atoms with Crippen molar-refractivity contribution in [2.75, 3.05) is 38.6 Å². The highest BCUT2D eigenvalue weighted by molar-refractivity contribution is 5.83. The molecule has 27 heavy (non-hydrogen) atoms. The topological polar surface area (TPSA) is 95.2 Å². The van der Waals surface area contributed by atoms with Gasteiger partial charge in [0.1, 0.15) is 5.82 Å². The van der Waals surface area contributed by atoms with Gasteiger partial charge in [0.2, 0.25) is 11.8 Å². The Bertz CT molecular complexity index is 874. The van der Waals surface area contributed by atoms with Crippen molar-refractivity contribution in [1.29, 1.82) is 0 Å². The first-order chi connectivity index (χ1) is 13.2. The second kappa shape index (κ2) is 9.20. The highest BCUT2D eigenvalue weighted by Gasteiger charge is 2.10. The van der Waals surface area contributed by atoms with Crippen molar-refractivity contribution in [1.82, 2.24) is 20.3 Å². The van der Waals surface area contributed by atoms with Gasteiger partial charge in [-0.3, -0.25) is 0 Å². The molecule has 0 radical (unpaired) electrons. The van der Waals surface area contributed by atoms with Crippen LogP contribution in [-0.2, 0) is 4.74 Å². The van der Waals surface area contributed by atoms with Crippen molar-refractivity contribution >= 4 is 17.0 Å². The van der Waals surface area contributed by atoms with Crippen LogP contribution in [-0.4, -0.2) is 47.9 Å². The number of hydrogen-bond acceptors (Lipinski definition) is 7. The summed E-state index contributed by atoms with van der Waals surface area (Å²) in [6.07, 6.45) is 0. The number of hydrogen-bond donors (Lipinski definition) is 2. The Hall–Kier alpha value is -2.84. The van der Waals surface area contributed by atoms with Crippen molar-refractivity contribution in [3.8, 4) is 17.1 Å². The van der Waals surface area contributed by atoms with Gasteiger partial charge in [-0.25, -0.2) is 14.4 Å². The lowest BCUT2D eigenvalue weighted by Gasteiger charge is -2.10. The number of pyridine rings is 1. The number of nitrogens with zero attached hydrogens (tertiary/aromatic N) is 3. The Morgan fingerprint density at radius 1 is 1.07 bits per heavy atom. The fourth-order valence-electron chi connectivity index (χ4n) is 2.54. The molecule has 0 atom stereocenters. The first-order valence-corrected chi connectivity index (χ1v) is 8.79. The lowest BCUT2D eigenvalue weighted by atomic mass is 10.1. The van der Waals surface area contributed by atoms with Crippen LogP contribution in [0.5, 0.6) is 5.88 Å². The number of halogens is 1. The van der Waals surface area contributed by atoms with E-state index in [2.05, 4.69) is 20.3 Å². The quantitative estimate of drug-likeness (QED) is 0.730. The van der Waals surface area contributed by atoms with Crippen LogP contribution in [0.4, 0.5) is 10.3 Å². The standard InChI is InChI=1S/C15H13FN4O.C4H9NO/c1-2-21-14-13-12(19-15(17)20-14)8-7-11(18-13)9-3-5-10(16)6-4-9;1-3-6-4-2-5-1/h3-8H,2H2,1H3,(H2,17,19,20);5H,1-4H2. The predicted molar refractivity (Wildman–Crippen MR) is 102 cm³/mol. The fourth-order valence-corrected chi connectivity index (χ4v) is 2.54. The molecule has 3 aromatic rings.